The van der Waals surface area contributed by atoms with Gasteiger partial charge in [0.2, 0.25) is 5.91 Å². The summed E-state index contributed by atoms with van der Waals surface area (Å²) in [5.74, 6) is -5.08. The molecule has 0 bridgehead atoms. The predicted octanol–water partition coefficient (Wildman–Crippen LogP) is 6.12. The Morgan fingerprint density at radius 3 is 1.82 bits per heavy atom. The van der Waals surface area contributed by atoms with Gasteiger partial charge in [-0.1, -0.05) is 19.3 Å². The number of likely N-dealkylation sites (N-methyl/N-ethyl adjacent to an activating group) is 1. The van der Waals surface area contributed by atoms with E-state index in [4.69, 9.17) is 0 Å². The van der Waals surface area contributed by atoms with Gasteiger partial charge in [0.1, 0.15) is 0 Å². The molecule has 13 heteroatoms. The molecule has 0 N–H and O–H groups in total. The number of amides is 1. The molecule has 3 fully saturated rings. The number of carbonyl (C=O) groups excluding carboxylic acids is 1. The number of halogens is 9. The molecule has 0 aromatic rings. The molecule has 0 aromatic heterocycles. The molecule has 2 aliphatic carbocycles. The van der Waals surface area contributed by atoms with Crippen molar-refractivity contribution in [2.45, 2.75) is 82.4 Å². The van der Waals surface area contributed by atoms with Crippen LogP contribution in [0.4, 0.5) is 39.5 Å². The van der Waals surface area contributed by atoms with E-state index >= 15 is 0 Å². The van der Waals surface area contributed by atoms with Crippen molar-refractivity contribution in [3.63, 3.8) is 0 Å². The molecule has 1 amide bonds. The summed E-state index contributed by atoms with van der Waals surface area (Å²) in [5.41, 5.74) is 0. The fourth-order valence-corrected chi connectivity index (χ4v) is 6.48. The van der Waals surface area contributed by atoms with Gasteiger partial charge >= 0.3 is 18.5 Å². The predicted molar refractivity (Wildman–Crippen MR) is 123 cm³/mol. The van der Waals surface area contributed by atoms with Gasteiger partial charge in [-0.25, -0.2) is 0 Å². The summed E-state index contributed by atoms with van der Waals surface area (Å²) in [6, 6.07) is -0.550. The molecular formula is C25H38F9N3O. The molecule has 3 atom stereocenters. The first-order valence-electron chi connectivity index (χ1n) is 13.5. The Bertz CT molecular complexity index is 735. The van der Waals surface area contributed by atoms with Crippen LogP contribution < -0.4 is 0 Å². The van der Waals surface area contributed by atoms with Crippen LogP contribution in [0, 0.1) is 23.7 Å². The molecule has 1 aliphatic heterocycles. The number of nitrogens with zero attached hydrogens (tertiary/aromatic N) is 3. The number of rotatable bonds is 7. The van der Waals surface area contributed by atoms with Gasteiger partial charge < -0.3 is 4.90 Å². The highest BCUT2D eigenvalue weighted by Crippen LogP contribution is 2.48. The summed E-state index contributed by atoms with van der Waals surface area (Å²) in [7, 11) is 1.52. The van der Waals surface area contributed by atoms with Crippen molar-refractivity contribution in [2.24, 2.45) is 23.7 Å². The average Bonchev–Trinajstić information content (AvgIpc) is 2.82. The molecule has 3 aliphatic rings. The number of alkyl halides is 9. The van der Waals surface area contributed by atoms with E-state index in [0.29, 0.717) is 13.1 Å². The van der Waals surface area contributed by atoms with E-state index in [9.17, 15) is 44.3 Å². The summed E-state index contributed by atoms with van der Waals surface area (Å²) >= 11 is 0. The van der Waals surface area contributed by atoms with Crippen LogP contribution in [0.5, 0.6) is 0 Å². The first-order valence-corrected chi connectivity index (χ1v) is 13.5. The van der Waals surface area contributed by atoms with Crippen LogP contribution >= 0.6 is 0 Å². The van der Waals surface area contributed by atoms with Gasteiger partial charge in [0, 0.05) is 39.8 Å². The monoisotopic (exact) mass is 567 g/mol. The van der Waals surface area contributed by atoms with Crippen LogP contribution in [0.15, 0.2) is 0 Å². The largest absolute Gasteiger partial charge is 0.401 e. The van der Waals surface area contributed by atoms with Crippen molar-refractivity contribution >= 4 is 5.91 Å². The molecule has 1 heterocycles. The lowest BCUT2D eigenvalue weighted by molar-refractivity contribution is -0.229. The minimum atomic E-state index is -4.70. The maximum atomic E-state index is 13.6. The smallest absolute Gasteiger partial charge is 0.344 e. The summed E-state index contributed by atoms with van der Waals surface area (Å²) in [6.45, 7) is -0.0587. The third-order valence-electron chi connectivity index (χ3n) is 8.53. The van der Waals surface area contributed by atoms with E-state index < -0.39 is 55.3 Å². The average molecular weight is 568 g/mol. The Labute approximate surface area is 217 Å². The molecular weight excluding hydrogens is 529 g/mol. The van der Waals surface area contributed by atoms with Gasteiger partial charge in [0.25, 0.3) is 0 Å². The van der Waals surface area contributed by atoms with Gasteiger partial charge in [-0.05, 0) is 50.4 Å². The van der Waals surface area contributed by atoms with E-state index in [2.05, 4.69) is 0 Å². The first-order chi connectivity index (χ1) is 17.5. The minimum absolute atomic E-state index is 0.0202. The summed E-state index contributed by atoms with van der Waals surface area (Å²) < 4.78 is 118. The Hall–Kier alpha value is -1.24. The maximum absolute atomic E-state index is 13.6. The van der Waals surface area contributed by atoms with Crippen LogP contribution in [0.3, 0.4) is 0 Å². The molecule has 3 unspecified atom stereocenters. The van der Waals surface area contributed by atoms with Crippen molar-refractivity contribution in [1.29, 1.82) is 0 Å². The summed E-state index contributed by atoms with van der Waals surface area (Å²) in [6.07, 6.45) is -10.9. The Morgan fingerprint density at radius 1 is 0.816 bits per heavy atom. The molecule has 38 heavy (non-hydrogen) atoms. The minimum Gasteiger partial charge on any atom is -0.344 e. The zero-order valence-electron chi connectivity index (χ0n) is 21.6. The quantitative estimate of drug-likeness (QED) is 0.347. The normalized spacial score (nSPS) is 28.3. The SMILES string of the molecule is CN(CCC1CC(C(F)(F)F)CC(C(F)(F)F)C1)C(=O)C(C1CCCCC1)N1CCN(CC(F)(F)F)CC1. The lowest BCUT2D eigenvalue weighted by atomic mass is 9.73. The van der Waals surface area contributed by atoms with E-state index in [1.807, 2.05) is 4.90 Å². The number of carbonyl (C=O) groups is 1. The topological polar surface area (TPSA) is 26.8 Å². The summed E-state index contributed by atoms with van der Waals surface area (Å²) in [5, 5.41) is 0. The molecule has 0 radical (unpaired) electrons. The molecule has 3 rings (SSSR count). The Morgan fingerprint density at radius 2 is 1.34 bits per heavy atom. The molecule has 2 saturated carbocycles. The number of hydrogen-bond donors (Lipinski definition) is 0. The van der Waals surface area contributed by atoms with Crippen LogP contribution in [0.25, 0.3) is 0 Å². The molecule has 0 aromatic carbocycles. The second-order valence-electron chi connectivity index (χ2n) is 11.4. The van der Waals surface area contributed by atoms with Gasteiger partial charge in [-0.2, -0.15) is 39.5 Å². The highest BCUT2D eigenvalue weighted by molar-refractivity contribution is 5.82. The Kier molecular flexibility index (Phi) is 10.3. The standard InChI is InChI=1S/C25H38F9N3O/c1-35(8-7-17-13-19(24(29,30)31)15-20(14-17)25(32,33)34)22(38)21(18-5-3-2-4-6-18)37-11-9-36(10-12-37)16-23(26,27)28/h17-21H,2-16H2,1H3. The van der Waals surface area contributed by atoms with Crippen LogP contribution in [0.2, 0.25) is 0 Å². The zero-order chi connectivity index (χ0) is 28.3. The van der Waals surface area contributed by atoms with E-state index in [-0.39, 0.29) is 50.7 Å². The third kappa shape index (κ3) is 8.89. The number of piperazine rings is 1. The molecule has 4 nitrogen and oxygen atoms in total. The summed E-state index contributed by atoms with van der Waals surface area (Å²) in [4.78, 5) is 18.2. The van der Waals surface area contributed by atoms with Crippen molar-refractivity contribution in [1.82, 2.24) is 14.7 Å². The zero-order valence-corrected chi connectivity index (χ0v) is 21.6. The highest BCUT2D eigenvalue weighted by atomic mass is 19.4. The van der Waals surface area contributed by atoms with Gasteiger partial charge in [-0.3, -0.25) is 14.6 Å². The first kappa shape index (κ1) is 31.3. The lowest BCUT2D eigenvalue weighted by Gasteiger charge is -2.44. The van der Waals surface area contributed by atoms with E-state index in [0.717, 1.165) is 32.1 Å². The van der Waals surface area contributed by atoms with Crippen molar-refractivity contribution in [3.05, 3.63) is 0 Å². The van der Waals surface area contributed by atoms with E-state index in [1.165, 1.54) is 16.8 Å². The second kappa shape index (κ2) is 12.5. The van der Waals surface area contributed by atoms with E-state index in [1.54, 1.807) is 0 Å². The highest BCUT2D eigenvalue weighted by Gasteiger charge is 2.51. The van der Waals surface area contributed by atoms with Crippen LogP contribution in [0.1, 0.15) is 57.8 Å². The second-order valence-corrected chi connectivity index (χ2v) is 11.4. The maximum Gasteiger partial charge on any atom is 0.401 e. The van der Waals surface area contributed by atoms with Crippen molar-refractivity contribution < 1.29 is 44.3 Å². The third-order valence-corrected chi connectivity index (χ3v) is 8.53. The number of hydrogen-bond acceptors (Lipinski definition) is 3. The van der Waals surface area contributed by atoms with Gasteiger partial charge in [0.05, 0.1) is 24.4 Å². The lowest BCUT2D eigenvalue weighted by Crippen LogP contribution is -2.58. The van der Waals surface area contributed by atoms with Crippen molar-refractivity contribution in [3.8, 4) is 0 Å². The van der Waals surface area contributed by atoms with Gasteiger partial charge in [0.15, 0.2) is 0 Å². The van der Waals surface area contributed by atoms with Crippen LogP contribution in [-0.4, -0.2) is 91.5 Å². The van der Waals surface area contributed by atoms with Gasteiger partial charge in [-0.15, -0.1) is 0 Å². The van der Waals surface area contributed by atoms with Crippen molar-refractivity contribution in [2.75, 3.05) is 46.3 Å². The fraction of sp³-hybridized carbons (Fsp3) is 0.960. The molecule has 0 spiro atoms. The fourth-order valence-electron chi connectivity index (χ4n) is 6.48. The molecule has 222 valence electrons. The van der Waals surface area contributed by atoms with Crippen LogP contribution in [-0.2, 0) is 4.79 Å². The molecule has 1 saturated heterocycles. The Balaban J connectivity index is 1.64.